The highest BCUT2D eigenvalue weighted by atomic mass is 16.7. The van der Waals surface area contributed by atoms with Crippen LogP contribution in [0.3, 0.4) is 0 Å². The van der Waals surface area contributed by atoms with E-state index in [-0.39, 0.29) is 59.0 Å². The van der Waals surface area contributed by atoms with Crippen molar-refractivity contribution in [3.8, 4) is 0 Å². The number of nitrogens with zero attached hydrogens (tertiary/aromatic N) is 3. The monoisotopic (exact) mass is 728 g/mol. The van der Waals surface area contributed by atoms with Crippen LogP contribution in [-0.2, 0) is 18.9 Å². The lowest BCUT2D eigenvalue weighted by atomic mass is 9.41. The van der Waals surface area contributed by atoms with Gasteiger partial charge in [0, 0.05) is 57.8 Å². The number of amides is 1. The first-order valence-electron chi connectivity index (χ1n) is 21.4. The average molecular weight is 728 g/mol. The number of hydrogen-bond acceptors (Lipinski definition) is 8. The summed E-state index contributed by atoms with van der Waals surface area (Å²) in [6, 6.07) is 1.25. The Balaban J connectivity index is 0.984. The number of rotatable bonds is 7. The Hall–Kier alpha value is -0.970. The molecule has 9 heteroatoms. The van der Waals surface area contributed by atoms with Gasteiger partial charge in [-0.2, -0.15) is 0 Å². The highest BCUT2D eigenvalue weighted by Crippen LogP contribution is 2.89. The van der Waals surface area contributed by atoms with E-state index < -0.39 is 6.10 Å². The van der Waals surface area contributed by atoms with Crippen LogP contribution < -0.4 is 0 Å². The van der Waals surface area contributed by atoms with E-state index in [4.69, 9.17) is 18.9 Å². The Labute approximate surface area is 315 Å². The number of aliphatic hydroxyl groups is 1. The van der Waals surface area contributed by atoms with Crippen molar-refractivity contribution in [2.45, 2.75) is 163 Å². The summed E-state index contributed by atoms with van der Waals surface area (Å²) in [5.74, 6) is 1.93. The van der Waals surface area contributed by atoms with Crippen LogP contribution in [0.5, 0.6) is 0 Å². The van der Waals surface area contributed by atoms with Crippen LogP contribution in [-0.4, -0.2) is 122 Å². The Kier molecular flexibility index (Phi) is 9.32. The summed E-state index contributed by atoms with van der Waals surface area (Å²) < 4.78 is 26.4. The van der Waals surface area contributed by atoms with Crippen LogP contribution in [0.25, 0.3) is 0 Å². The van der Waals surface area contributed by atoms with Gasteiger partial charge in [-0.15, -0.1) is 0 Å². The van der Waals surface area contributed by atoms with Crippen molar-refractivity contribution in [1.82, 2.24) is 14.7 Å². The summed E-state index contributed by atoms with van der Waals surface area (Å²) in [4.78, 5) is 19.4. The van der Waals surface area contributed by atoms with Crippen molar-refractivity contribution in [3.05, 3.63) is 0 Å². The number of fused-ring (bicyclic) bond motifs is 4. The largest absolute Gasteiger partial charge is 0.443 e. The van der Waals surface area contributed by atoms with Gasteiger partial charge in [-0.3, -0.25) is 9.80 Å². The highest BCUT2D eigenvalue weighted by Gasteiger charge is 2.84. The van der Waals surface area contributed by atoms with Crippen molar-refractivity contribution >= 4 is 6.09 Å². The predicted molar refractivity (Wildman–Crippen MR) is 202 cm³/mol. The second-order valence-electron chi connectivity index (χ2n) is 21.2. The van der Waals surface area contributed by atoms with E-state index in [9.17, 15) is 9.90 Å². The normalized spacial score (nSPS) is 49.2. The molecule has 3 aliphatic heterocycles. The SMILES string of the molecule is CC(C)[C@@H](OC(=O)N(C)C)[C@H]1C[C@@H](C)[C@H]2[C@H](O1)[C@H](O)[C@@]1(C)[C@@H]3CC[C@H]4C(C)(C)C(O[C@H]5CN(C6CN(C(C)C)C6)CCO5)CC[C@@]45C[C@@]35CC[C@]21C. The fourth-order valence-corrected chi connectivity index (χ4v) is 15.0. The molecule has 3 saturated heterocycles. The number of ether oxygens (including phenoxy) is 4. The van der Waals surface area contributed by atoms with E-state index in [1.54, 1.807) is 14.1 Å². The van der Waals surface area contributed by atoms with Crippen molar-refractivity contribution in [1.29, 1.82) is 0 Å². The van der Waals surface area contributed by atoms with Gasteiger partial charge in [0.05, 0.1) is 31.0 Å². The molecular formula is C43H73N3O6. The molecule has 3 heterocycles. The van der Waals surface area contributed by atoms with Crippen LogP contribution in [0.4, 0.5) is 4.79 Å². The molecule has 296 valence electrons. The zero-order valence-corrected chi connectivity index (χ0v) is 34.5. The first-order valence-corrected chi connectivity index (χ1v) is 21.4. The van der Waals surface area contributed by atoms with Gasteiger partial charge in [-0.05, 0) is 116 Å². The molecule has 52 heavy (non-hydrogen) atoms. The summed E-state index contributed by atoms with van der Waals surface area (Å²) in [5, 5.41) is 12.7. The number of carbonyl (C=O) groups is 1. The maximum Gasteiger partial charge on any atom is 0.409 e. The Morgan fingerprint density at radius 1 is 0.942 bits per heavy atom. The van der Waals surface area contributed by atoms with Crippen LogP contribution in [0.1, 0.15) is 114 Å². The molecule has 0 bridgehead atoms. The maximum absolute atomic E-state index is 12.7. The van der Waals surface area contributed by atoms with E-state index in [1.165, 1.54) is 37.0 Å². The first-order chi connectivity index (χ1) is 24.4. The fourth-order valence-electron chi connectivity index (χ4n) is 15.0. The number of aliphatic hydroxyl groups excluding tert-OH is 1. The van der Waals surface area contributed by atoms with Crippen LogP contribution in [0.2, 0.25) is 0 Å². The van der Waals surface area contributed by atoms with Crippen LogP contribution >= 0.6 is 0 Å². The smallest absolute Gasteiger partial charge is 0.409 e. The molecule has 0 aromatic rings. The average Bonchev–Trinajstić information content (AvgIpc) is 3.68. The molecule has 0 aromatic heterocycles. The molecule has 8 fully saturated rings. The van der Waals surface area contributed by atoms with Gasteiger partial charge in [-0.25, -0.2) is 4.79 Å². The first kappa shape index (κ1) is 37.9. The highest BCUT2D eigenvalue weighted by molar-refractivity contribution is 5.67. The molecule has 9 nitrogen and oxygen atoms in total. The summed E-state index contributed by atoms with van der Waals surface area (Å²) in [7, 11) is 3.47. The van der Waals surface area contributed by atoms with Gasteiger partial charge in [0.25, 0.3) is 0 Å². The van der Waals surface area contributed by atoms with Crippen molar-refractivity contribution < 1.29 is 28.8 Å². The van der Waals surface area contributed by atoms with Gasteiger partial charge < -0.3 is 29.0 Å². The summed E-state index contributed by atoms with van der Waals surface area (Å²) >= 11 is 0. The van der Waals surface area contributed by atoms with E-state index in [0.29, 0.717) is 46.6 Å². The Morgan fingerprint density at radius 2 is 1.63 bits per heavy atom. The molecule has 2 spiro atoms. The number of carbonyl (C=O) groups excluding carboxylic acids is 1. The molecule has 0 radical (unpaired) electrons. The molecule has 5 saturated carbocycles. The van der Waals surface area contributed by atoms with Crippen molar-refractivity contribution in [2.24, 2.45) is 56.7 Å². The third-order valence-electron chi connectivity index (χ3n) is 17.9. The van der Waals surface area contributed by atoms with Crippen molar-refractivity contribution in [3.63, 3.8) is 0 Å². The minimum atomic E-state index is -0.524. The van der Waals surface area contributed by atoms with Gasteiger partial charge in [0.15, 0.2) is 6.29 Å². The fraction of sp³-hybridized carbons (Fsp3) is 0.977. The summed E-state index contributed by atoms with van der Waals surface area (Å²) in [6.45, 7) is 26.2. The van der Waals surface area contributed by atoms with E-state index >= 15 is 0 Å². The molecule has 1 amide bonds. The Bertz CT molecular complexity index is 1370. The third kappa shape index (κ3) is 5.23. The molecule has 5 aliphatic carbocycles. The summed E-state index contributed by atoms with van der Waals surface area (Å²) in [6.07, 6.45) is 7.81. The van der Waals surface area contributed by atoms with E-state index in [0.717, 1.165) is 52.0 Å². The predicted octanol–water partition coefficient (Wildman–Crippen LogP) is 6.66. The number of hydrogen-bond donors (Lipinski definition) is 1. The molecule has 8 aliphatic rings. The minimum absolute atomic E-state index is 0.00824. The lowest BCUT2D eigenvalue weighted by Gasteiger charge is -2.64. The molecule has 1 N–H and O–H groups in total. The molecule has 8 rings (SSSR count). The molecule has 0 aromatic carbocycles. The molecule has 1 unspecified atom stereocenters. The Morgan fingerprint density at radius 3 is 2.31 bits per heavy atom. The molecular weight excluding hydrogens is 654 g/mol. The standard InChI is InChI=1S/C43H73N3O6/c1-25(2)35(52-38(48)44(10)11)29-20-27(5)34-36(50-29)37(47)41(9)31-13-12-30-39(6,7)32(14-15-42(30)24-43(31,42)17-16-40(34,41)8)51-33-23-45(18-19-49-33)28-21-46(22-28)26(3)4/h25-37,47H,12-24H2,1-11H3/t27-,29-,30+,31+,32?,33+,34+,35-,36+,37+,40-,41-,42-,43+/m1/s1. The van der Waals surface area contributed by atoms with Crippen LogP contribution in [0, 0.1) is 56.7 Å². The lowest BCUT2D eigenvalue weighted by Crippen LogP contribution is -2.64. The van der Waals surface area contributed by atoms with Crippen molar-refractivity contribution in [2.75, 3.05) is 46.9 Å². The second-order valence-corrected chi connectivity index (χ2v) is 21.2. The molecule has 14 atom stereocenters. The zero-order valence-electron chi connectivity index (χ0n) is 34.5. The lowest BCUT2D eigenvalue weighted by molar-refractivity contribution is -0.253. The van der Waals surface area contributed by atoms with Crippen LogP contribution in [0.15, 0.2) is 0 Å². The van der Waals surface area contributed by atoms with Gasteiger partial charge >= 0.3 is 6.09 Å². The number of likely N-dealkylation sites (tertiary alicyclic amines) is 1. The van der Waals surface area contributed by atoms with Gasteiger partial charge in [0.2, 0.25) is 0 Å². The van der Waals surface area contributed by atoms with E-state index in [2.05, 4.69) is 72.1 Å². The van der Waals surface area contributed by atoms with Gasteiger partial charge in [-0.1, -0.05) is 48.5 Å². The summed E-state index contributed by atoms with van der Waals surface area (Å²) in [5.41, 5.74) is 0.522. The second kappa shape index (κ2) is 12.8. The zero-order chi connectivity index (χ0) is 37.3. The minimum Gasteiger partial charge on any atom is -0.443 e. The van der Waals surface area contributed by atoms with E-state index in [1.807, 2.05) is 0 Å². The topological polar surface area (TPSA) is 83.9 Å². The quantitative estimate of drug-likeness (QED) is 0.312. The number of morpholine rings is 1. The third-order valence-corrected chi connectivity index (χ3v) is 17.9. The van der Waals surface area contributed by atoms with Gasteiger partial charge in [0.1, 0.15) is 6.10 Å². The maximum atomic E-state index is 12.7.